The van der Waals surface area contributed by atoms with Crippen molar-refractivity contribution in [2.75, 3.05) is 6.61 Å². The Bertz CT molecular complexity index is 524. The summed E-state index contributed by atoms with van der Waals surface area (Å²) in [6.45, 7) is 15.2. The van der Waals surface area contributed by atoms with Crippen LogP contribution in [-0.4, -0.2) is 46.3 Å². The molecule has 4 heteroatoms. The number of fused-ring (bicyclic) bond motifs is 5. The summed E-state index contributed by atoms with van der Waals surface area (Å²) in [5.74, 6) is 1.59. The Labute approximate surface area is 159 Å². The smallest absolute Gasteiger partial charge is 0.0905 e. The van der Waals surface area contributed by atoms with E-state index in [1.54, 1.807) is 0 Å². The van der Waals surface area contributed by atoms with Crippen LogP contribution in [-0.2, 0) is 9.47 Å². The predicted molar refractivity (Wildman–Crippen MR) is 103 cm³/mol. The van der Waals surface area contributed by atoms with Crippen molar-refractivity contribution in [1.82, 2.24) is 0 Å². The molecule has 4 nitrogen and oxygen atoms in total. The molecule has 0 radical (unpaired) electrons. The van der Waals surface area contributed by atoms with Crippen LogP contribution >= 0.6 is 0 Å². The molecule has 3 fully saturated rings. The average molecular weight is 367 g/mol. The van der Waals surface area contributed by atoms with E-state index < -0.39 is 11.2 Å². The number of hydrogen-bond donors (Lipinski definition) is 2. The van der Waals surface area contributed by atoms with Gasteiger partial charge >= 0.3 is 0 Å². The van der Waals surface area contributed by atoms with E-state index in [0.717, 1.165) is 12.8 Å². The van der Waals surface area contributed by atoms with E-state index in [-0.39, 0.29) is 30.1 Å². The molecule has 2 bridgehead atoms. The summed E-state index contributed by atoms with van der Waals surface area (Å²) in [5, 5.41) is 22.6. The summed E-state index contributed by atoms with van der Waals surface area (Å²) in [6.07, 6.45) is 3.33. The molecular formula is C22H38O4. The molecule has 0 amide bonds. The molecule has 2 aliphatic heterocycles. The normalized spacial score (nSPS) is 49.5. The lowest BCUT2D eigenvalue weighted by atomic mass is 9.60. The van der Waals surface area contributed by atoms with E-state index in [4.69, 9.17) is 9.47 Å². The Morgan fingerprint density at radius 3 is 2.54 bits per heavy atom. The highest BCUT2D eigenvalue weighted by Crippen LogP contribution is 2.55. The molecule has 0 aromatic heterocycles. The fourth-order valence-corrected chi connectivity index (χ4v) is 5.93. The number of aliphatic hydroxyl groups is 2. The summed E-state index contributed by atoms with van der Waals surface area (Å²) >= 11 is 0. The summed E-state index contributed by atoms with van der Waals surface area (Å²) in [6, 6.07) is 0. The Morgan fingerprint density at radius 2 is 1.92 bits per heavy atom. The first kappa shape index (κ1) is 20.3. The van der Waals surface area contributed by atoms with Gasteiger partial charge in [-0.1, -0.05) is 26.0 Å². The summed E-state index contributed by atoms with van der Waals surface area (Å²) in [4.78, 5) is 0. The van der Waals surface area contributed by atoms with Gasteiger partial charge in [-0.3, -0.25) is 0 Å². The van der Waals surface area contributed by atoms with E-state index >= 15 is 0 Å². The van der Waals surface area contributed by atoms with Crippen LogP contribution in [0.15, 0.2) is 12.2 Å². The second kappa shape index (κ2) is 7.20. The summed E-state index contributed by atoms with van der Waals surface area (Å²) in [5.41, 5.74) is -0.649. The maximum Gasteiger partial charge on any atom is 0.0905 e. The van der Waals surface area contributed by atoms with Gasteiger partial charge in [-0.05, 0) is 64.2 Å². The first-order valence-corrected chi connectivity index (χ1v) is 10.5. The SMILES string of the molecule is C=C1CC[C@H](C(C)C)[C@@H]2[C@H]1[C@H]1C[C@](C)(O)[C@@H](OCC)CC[C@](C)(O)[C@@H]2O1. The lowest BCUT2D eigenvalue weighted by Gasteiger charge is -2.45. The van der Waals surface area contributed by atoms with Crippen molar-refractivity contribution in [1.29, 1.82) is 0 Å². The van der Waals surface area contributed by atoms with Gasteiger partial charge in [-0.15, -0.1) is 0 Å². The number of rotatable bonds is 3. The van der Waals surface area contributed by atoms with Crippen molar-refractivity contribution in [3.63, 3.8) is 0 Å². The molecule has 2 saturated heterocycles. The molecule has 150 valence electrons. The maximum absolute atomic E-state index is 11.4. The highest BCUT2D eigenvalue weighted by Gasteiger charge is 2.58. The van der Waals surface area contributed by atoms with Gasteiger partial charge in [0.1, 0.15) is 0 Å². The van der Waals surface area contributed by atoms with Crippen molar-refractivity contribution in [2.24, 2.45) is 23.7 Å². The zero-order valence-corrected chi connectivity index (χ0v) is 17.2. The van der Waals surface area contributed by atoms with E-state index in [0.29, 0.717) is 37.7 Å². The third-order valence-corrected chi connectivity index (χ3v) is 7.31. The van der Waals surface area contributed by atoms with Gasteiger partial charge in [0, 0.05) is 18.9 Å². The van der Waals surface area contributed by atoms with Gasteiger partial charge in [0.05, 0.1) is 29.5 Å². The minimum absolute atomic E-state index is 0.0958. The molecule has 0 spiro atoms. The molecule has 0 unspecified atom stereocenters. The molecule has 0 aromatic rings. The lowest BCUT2D eigenvalue weighted by molar-refractivity contribution is -0.123. The van der Waals surface area contributed by atoms with Crippen molar-refractivity contribution < 1.29 is 19.7 Å². The average Bonchev–Trinajstić information content (AvgIpc) is 2.91. The summed E-state index contributed by atoms with van der Waals surface area (Å²) < 4.78 is 12.4. The van der Waals surface area contributed by atoms with Gasteiger partial charge in [0.25, 0.3) is 0 Å². The third-order valence-electron chi connectivity index (χ3n) is 7.31. The Morgan fingerprint density at radius 1 is 1.23 bits per heavy atom. The van der Waals surface area contributed by atoms with Gasteiger partial charge in [0.2, 0.25) is 0 Å². The largest absolute Gasteiger partial charge is 0.387 e. The van der Waals surface area contributed by atoms with Crippen molar-refractivity contribution in [3.8, 4) is 0 Å². The zero-order chi connectivity index (χ0) is 19.3. The summed E-state index contributed by atoms with van der Waals surface area (Å²) in [7, 11) is 0. The van der Waals surface area contributed by atoms with Crippen LogP contribution in [0.4, 0.5) is 0 Å². The molecule has 2 N–H and O–H groups in total. The molecule has 3 rings (SSSR count). The van der Waals surface area contributed by atoms with Gasteiger partial charge < -0.3 is 19.7 Å². The fraction of sp³-hybridized carbons (Fsp3) is 0.909. The quantitative estimate of drug-likeness (QED) is 0.748. The second-order valence-electron chi connectivity index (χ2n) is 9.70. The van der Waals surface area contributed by atoms with Crippen LogP contribution in [0.5, 0.6) is 0 Å². The maximum atomic E-state index is 11.4. The lowest BCUT2D eigenvalue weighted by Crippen LogP contribution is -2.50. The van der Waals surface area contributed by atoms with Crippen molar-refractivity contribution >= 4 is 0 Å². The molecule has 1 aliphatic carbocycles. The first-order valence-electron chi connectivity index (χ1n) is 10.5. The monoisotopic (exact) mass is 366 g/mol. The van der Waals surface area contributed by atoms with E-state index in [1.807, 2.05) is 20.8 Å². The van der Waals surface area contributed by atoms with Crippen LogP contribution in [0.2, 0.25) is 0 Å². The van der Waals surface area contributed by atoms with E-state index in [1.165, 1.54) is 5.57 Å². The van der Waals surface area contributed by atoms with Crippen molar-refractivity contribution in [3.05, 3.63) is 12.2 Å². The highest BCUT2D eigenvalue weighted by atomic mass is 16.5. The highest BCUT2D eigenvalue weighted by molar-refractivity contribution is 5.18. The molecule has 3 aliphatic rings. The van der Waals surface area contributed by atoms with Crippen LogP contribution in [0.3, 0.4) is 0 Å². The van der Waals surface area contributed by atoms with Crippen LogP contribution < -0.4 is 0 Å². The predicted octanol–water partition coefficient (Wildman–Crippen LogP) is 3.70. The minimum Gasteiger partial charge on any atom is -0.387 e. The van der Waals surface area contributed by atoms with Gasteiger partial charge in [-0.25, -0.2) is 0 Å². The first-order chi connectivity index (χ1) is 12.1. The second-order valence-corrected chi connectivity index (χ2v) is 9.70. The number of hydrogen-bond acceptors (Lipinski definition) is 4. The molecule has 0 aromatic carbocycles. The number of ether oxygens (including phenoxy) is 2. The molecule has 2 heterocycles. The Balaban J connectivity index is 1.99. The fourth-order valence-electron chi connectivity index (χ4n) is 5.93. The van der Waals surface area contributed by atoms with Crippen LogP contribution in [0, 0.1) is 23.7 Å². The Hall–Kier alpha value is -0.420. The molecule has 8 atom stereocenters. The zero-order valence-electron chi connectivity index (χ0n) is 17.2. The van der Waals surface area contributed by atoms with Crippen molar-refractivity contribution in [2.45, 2.75) is 96.2 Å². The standard InChI is InChI=1S/C22H38O4/c1-7-25-17-10-11-21(5,23)20-19-15(13(2)3)9-8-14(4)18(19)16(26-20)12-22(17,6)24/h13,15-20,23-24H,4,7-12H2,1-3,5-6H3/t15-,16-,17+,18-,19-,20-,21+,22+/m1/s1. The van der Waals surface area contributed by atoms with Gasteiger partial charge in [0.15, 0.2) is 0 Å². The molecule has 1 saturated carbocycles. The van der Waals surface area contributed by atoms with E-state index in [2.05, 4.69) is 20.4 Å². The third kappa shape index (κ3) is 3.50. The van der Waals surface area contributed by atoms with Crippen LogP contribution in [0.1, 0.15) is 66.7 Å². The van der Waals surface area contributed by atoms with E-state index in [9.17, 15) is 10.2 Å². The topological polar surface area (TPSA) is 58.9 Å². The minimum atomic E-state index is -0.967. The Kier molecular flexibility index (Phi) is 5.62. The molecular weight excluding hydrogens is 328 g/mol. The van der Waals surface area contributed by atoms with Crippen LogP contribution in [0.25, 0.3) is 0 Å². The van der Waals surface area contributed by atoms with Gasteiger partial charge in [-0.2, -0.15) is 0 Å². The molecule has 26 heavy (non-hydrogen) atoms.